The lowest BCUT2D eigenvalue weighted by atomic mass is 9.86. The summed E-state index contributed by atoms with van der Waals surface area (Å²) in [5, 5.41) is 13.7. The van der Waals surface area contributed by atoms with E-state index in [0.717, 1.165) is 5.56 Å². The van der Waals surface area contributed by atoms with Crippen LogP contribution in [0, 0.1) is 0 Å². The summed E-state index contributed by atoms with van der Waals surface area (Å²) in [6.07, 6.45) is 1.75. The van der Waals surface area contributed by atoms with Gasteiger partial charge in [0.1, 0.15) is 0 Å². The maximum Gasteiger partial charge on any atom is 0.244 e. The average molecular weight is 419 g/mol. The van der Waals surface area contributed by atoms with E-state index in [0.29, 0.717) is 15.8 Å². The molecule has 6 heteroatoms. The first-order valence-corrected chi connectivity index (χ1v) is 8.98. The van der Waals surface area contributed by atoms with E-state index in [9.17, 15) is 9.90 Å². The highest BCUT2D eigenvalue weighted by Crippen LogP contribution is 2.34. The maximum absolute atomic E-state index is 12.0. The molecule has 0 aliphatic rings. The van der Waals surface area contributed by atoms with Gasteiger partial charge in [-0.3, -0.25) is 4.79 Å². The molecule has 0 atom stereocenters. The van der Waals surface area contributed by atoms with E-state index in [1.54, 1.807) is 12.1 Å². The van der Waals surface area contributed by atoms with E-state index in [-0.39, 0.29) is 23.5 Å². The van der Waals surface area contributed by atoms with Crippen LogP contribution >= 0.6 is 15.9 Å². The van der Waals surface area contributed by atoms with Crippen molar-refractivity contribution < 1.29 is 14.6 Å². The number of aromatic hydroxyl groups is 1. The van der Waals surface area contributed by atoms with Crippen LogP contribution in [0.4, 0.5) is 0 Å². The van der Waals surface area contributed by atoms with Crippen molar-refractivity contribution in [3.63, 3.8) is 0 Å². The Morgan fingerprint density at radius 1 is 1.27 bits per heavy atom. The molecule has 5 nitrogen and oxygen atoms in total. The number of hydrogen-bond acceptors (Lipinski definition) is 4. The fourth-order valence-electron chi connectivity index (χ4n) is 2.35. The summed E-state index contributed by atoms with van der Waals surface area (Å²) < 4.78 is 5.57. The minimum atomic E-state index is -0.199. The van der Waals surface area contributed by atoms with Gasteiger partial charge in [0.25, 0.3) is 0 Å². The lowest BCUT2D eigenvalue weighted by molar-refractivity contribution is -0.120. The summed E-state index contributed by atoms with van der Waals surface area (Å²) in [5.41, 5.74) is 5.44. The fourth-order valence-corrected chi connectivity index (χ4v) is 2.81. The molecule has 0 aliphatic heterocycles. The second-order valence-electron chi connectivity index (χ2n) is 6.97. The molecule has 0 spiro atoms. The van der Waals surface area contributed by atoms with Crippen molar-refractivity contribution in [3.8, 4) is 11.5 Å². The van der Waals surface area contributed by atoms with Crippen LogP contribution in [0.1, 0.15) is 37.5 Å². The molecule has 2 rings (SSSR count). The zero-order chi connectivity index (χ0) is 19.3. The molecule has 1 amide bonds. The summed E-state index contributed by atoms with van der Waals surface area (Å²) >= 11 is 3.24. The number of amides is 1. The third-order valence-electron chi connectivity index (χ3n) is 3.86. The summed E-state index contributed by atoms with van der Waals surface area (Å²) in [6.45, 7) is 6.46. The van der Waals surface area contributed by atoms with E-state index < -0.39 is 0 Å². The number of nitrogens with one attached hydrogen (secondary N) is 1. The fraction of sp³-hybridized carbons (Fsp3) is 0.300. The topological polar surface area (TPSA) is 70.9 Å². The van der Waals surface area contributed by atoms with Crippen LogP contribution in [-0.4, -0.2) is 24.3 Å². The van der Waals surface area contributed by atoms with Gasteiger partial charge in [0.2, 0.25) is 5.91 Å². The standard InChI is InChI=1S/C20H23BrN2O3/c1-20(2,3)15-7-5-13(6-8-15)11-18(24)23-22-12-14-9-16(21)19(25)17(10-14)26-4/h5-10,12,25H,11H2,1-4H3,(H,23,24)/b22-12-. The predicted molar refractivity (Wildman–Crippen MR) is 107 cm³/mol. The van der Waals surface area contributed by atoms with Gasteiger partial charge in [0.05, 0.1) is 24.2 Å². The zero-order valence-corrected chi connectivity index (χ0v) is 16.9. The molecule has 0 unspecified atom stereocenters. The molecular weight excluding hydrogens is 396 g/mol. The Morgan fingerprint density at radius 3 is 2.50 bits per heavy atom. The van der Waals surface area contributed by atoms with Crippen LogP contribution in [0.15, 0.2) is 46.0 Å². The molecule has 0 heterocycles. The average Bonchev–Trinajstić information content (AvgIpc) is 2.57. The summed E-state index contributed by atoms with van der Waals surface area (Å²) in [5.74, 6) is 0.146. The first-order chi connectivity index (χ1) is 12.2. The molecule has 0 aliphatic carbocycles. The number of phenols is 1. The lowest BCUT2D eigenvalue weighted by Gasteiger charge is -2.19. The van der Waals surface area contributed by atoms with Gasteiger partial charge in [-0.1, -0.05) is 45.0 Å². The molecule has 2 aromatic rings. The molecule has 2 aromatic carbocycles. The Bertz CT molecular complexity index is 809. The van der Waals surface area contributed by atoms with Gasteiger partial charge in [-0.05, 0) is 50.2 Å². The third-order valence-corrected chi connectivity index (χ3v) is 4.46. The summed E-state index contributed by atoms with van der Waals surface area (Å²) in [6, 6.07) is 11.3. The van der Waals surface area contributed by atoms with Crippen LogP contribution in [0.5, 0.6) is 11.5 Å². The molecule has 2 N–H and O–H groups in total. The highest BCUT2D eigenvalue weighted by atomic mass is 79.9. The monoisotopic (exact) mass is 418 g/mol. The number of rotatable bonds is 5. The number of benzene rings is 2. The smallest absolute Gasteiger partial charge is 0.244 e. The number of ether oxygens (including phenoxy) is 1. The van der Waals surface area contributed by atoms with Gasteiger partial charge in [-0.25, -0.2) is 5.43 Å². The van der Waals surface area contributed by atoms with Crippen LogP contribution < -0.4 is 10.2 Å². The normalized spacial score (nSPS) is 11.6. The number of phenolic OH excluding ortho intramolecular Hbond substituents is 1. The summed E-state index contributed by atoms with van der Waals surface area (Å²) in [4.78, 5) is 12.0. The van der Waals surface area contributed by atoms with Gasteiger partial charge < -0.3 is 9.84 Å². The molecule has 0 bridgehead atoms. The Balaban J connectivity index is 1.96. The molecule has 0 radical (unpaired) electrons. The van der Waals surface area contributed by atoms with Crippen LogP contribution in [0.25, 0.3) is 0 Å². The van der Waals surface area contributed by atoms with Crippen LogP contribution in [-0.2, 0) is 16.6 Å². The maximum atomic E-state index is 12.0. The van der Waals surface area contributed by atoms with Gasteiger partial charge in [0.15, 0.2) is 11.5 Å². The number of halogens is 1. The van der Waals surface area contributed by atoms with Gasteiger partial charge in [-0.2, -0.15) is 5.10 Å². The first kappa shape index (κ1) is 20.0. The largest absolute Gasteiger partial charge is 0.503 e. The van der Waals surface area contributed by atoms with Crippen molar-refractivity contribution in [1.29, 1.82) is 0 Å². The van der Waals surface area contributed by atoms with Crippen molar-refractivity contribution in [2.45, 2.75) is 32.6 Å². The van der Waals surface area contributed by atoms with Crippen molar-refractivity contribution in [2.24, 2.45) is 5.10 Å². The Labute approximate surface area is 162 Å². The van der Waals surface area contributed by atoms with E-state index in [4.69, 9.17) is 4.74 Å². The predicted octanol–water partition coefficient (Wildman–Crippen LogP) is 4.15. The van der Waals surface area contributed by atoms with Gasteiger partial charge in [-0.15, -0.1) is 0 Å². The Kier molecular flexibility index (Phi) is 6.42. The highest BCUT2D eigenvalue weighted by Gasteiger charge is 2.13. The van der Waals surface area contributed by atoms with Crippen LogP contribution in [0.3, 0.4) is 0 Å². The number of hydrogen-bond donors (Lipinski definition) is 2. The molecule has 26 heavy (non-hydrogen) atoms. The molecule has 0 saturated carbocycles. The zero-order valence-electron chi connectivity index (χ0n) is 15.3. The minimum absolute atomic E-state index is 0.0207. The third kappa shape index (κ3) is 5.33. The van der Waals surface area contributed by atoms with E-state index >= 15 is 0 Å². The van der Waals surface area contributed by atoms with Crippen LogP contribution in [0.2, 0.25) is 0 Å². The first-order valence-electron chi connectivity index (χ1n) is 8.18. The molecule has 0 saturated heterocycles. The van der Waals surface area contributed by atoms with E-state index in [1.807, 2.05) is 24.3 Å². The number of carbonyl (C=O) groups excluding carboxylic acids is 1. The van der Waals surface area contributed by atoms with Gasteiger partial charge >= 0.3 is 0 Å². The SMILES string of the molecule is COc1cc(/C=N\NC(=O)Cc2ccc(C(C)(C)C)cc2)cc(Br)c1O. The van der Waals surface area contributed by atoms with Crippen molar-refractivity contribution >= 4 is 28.1 Å². The van der Waals surface area contributed by atoms with Crippen molar-refractivity contribution in [2.75, 3.05) is 7.11 Å². The van der Waals surface area contributed by atoms with Crippen molar-refractivity contribution in [1.82, 2.24) is 5.43 Å². The molecule has 138 valence electrons. The Hall–Kier alpha value is -2.34. The second-order valence-corrected chi connectivity index (χ2v) is 7.82. The number of methoxy groups -OCH3 is 1. The van der Waals surface area contributed by atoms with E-state index in [2.05, 4.69) is 47.2 Å². The highest BCUT2D eigenvalue weighted by molar-refractivity contribution is 9.10. The lowest BCUT2D eigenvalue weighted by Crippen LogP contribution is -2.20. The van der Waals surface area contributed by atoms with Gasteiger partial charge in [0, 0.05) is 0 Å². The minimum Gasteiger partial charge on any atom is -0.503 e. The number of hydrazone groups is 1. The molecule has 0 aromatic heterocycles. The molecular formula is C20H23BrN2O3. The second kappa shape index (κ2) is 8.36. The quantitative estimate of drug-likeness (QED) is 0.565. The Morgan fingerprint density at radius 2 is 1.92 bits per heavy atom. The number of nitrogens with zero attached hydrogens (tertiary/aromatic N) is 1. The van der Waals surface area contributed by atoms with E-state index in [1.165, 1.54) is 18.9 Å². The molecule has 0 fully saturated rings. The van der Waals surface area contributed by atoms with Crippen molar-refractivity contribution in [3.05, 3.63) is 57.6 Å². The number of carbonyl (C=O) groups is 1. The summed E-state index contributed by atoms with van der Waals surface area (Å²) in [7, 11) is 1.47.